The zero-order valence-electron chi connectivity index (χ0n) is 11.6. The van der Waals surface area contributed by atoms with Crippen LogP contribution in [0.5, 0.6) is 0 Å². The largest absolute Gasteiger partial charge is 0.295 e. The molecule has 0 amide bonds. The van der Waals surface area contributed by atoms with Crippen molar-refractivity contribution in [1.82, 2.24) is 0 Å². The molecule has 0 N–H and O–H groups in total. The molecule has 0 bridgehead atoms. The molecule has 0 saturated carbocycles. The first-order valence-electron chi connectivity index (χ1n) is 7.50. The average Bonchev–Trinajstić information content (AvgIpc) is 2.63. The SMILES string of the molecule is CCCCC(CC)CC(=O)C1=CCCCCC1. The van der Waals surface area contributed by atoms with Gasteiger partial charge >= 0.3 is 0 Å². The Bertz CT molecular complexity index is 252. The second-order valence-corrected chi connectivity index (χ2v) is 5.37. The molecule has 1 atom stereocenters. The van der Waals surface area contributed by atoms with Gasteiger partial charge in [0.1, 0.15) is 0 Å². The van der Waals surface area contributed by atoms with Crippen LogP contribution >= 0.6 is 0 Å². The Labute approximate surface area is 107 Å². The summed E-state index contributed by atoms with van der Waals surface area (Å²) in [5.74, 6) is 1.06. The highest BCUT2D eigenvalue weighted by atomic mass is 16.1. The van der Waals surface area contributed by atoms with Crippen LogP contribution in [0, 0.1) is 5.92 Å². The third kappa shape index (κ3) is 5.52. The fourth-order valence-corrected chi connectivity index (χ4v) is 2.60. The van der Waals surface area contributed by atoms with Crippen LogP contribution in [0.4, 0.5) is 0 Å². The molecule has 1 heteroatoms. The van der Waals surface area contributed by atoms with E-state index in [1.807, 2.05) is 0 Å². The summed E-state index contributed by atoms with van der Waals surface area (Å²) in [5.41, 5.74) is 1.14. The third-order valence-corrected chi connectivity index (χ3v) is 3.92. The van der Waals surface area contributed by atoms with Crippen molar-refractivity contribution >= 4 is 5.78 Å². The highest BCUT2D eigenvalue weighted by Gasteiger charge is 2.16. The fourth-order valence-electron chi connectivity index (χ4n) is 2.60. The van der Waals surface area contributed by atoms with Crippen molar-refractivity contribution in [3.63, 3.8) is 0 Å². The quantitative estimate of drug-likeness (QED) is 0.604. The van der Waals surface area contributed by atoms with Gasteiger partial charge in [-0.2, -0.15) is 0 Å². The Kier molecular flexibility index (Phi) is 7.23. The van der Waals surface area contributed by atoms with Gasteiger partial charge in [-0.3, -0.25) is 4.79 Å². The maximum absolute atomic E-state index is 12.2. The summed E-state index contributed by atoms with van der Waals surface area (Å²) in [4.78, 5) is 12.2. The van der Waals surface area contributed by atoms with Crippen LogP contribution in [0.2, 0.25) is 0 Å². The first-order chi connectivity index (χ1) is 8.27. The summed E-state index contributed by atoms with van der Waals surface area (Å²) >= 11 is 0. The Morgan fingerprint density at radius 1 is 1.29 bits per heavy atom. The lowest BCUT2D eigenvalue weighted by Gasteiger charge is -2.14. The molecule has 1 rings (SSSR count). The van der Waals surface area contributed by atoms with Gasteiger partial charge in [-0.25, -0.2) is 0 Å². The second kappa shape index (κ2) is 8.49. The van der Waals surface area contributed by atoms with E-state index in [4.69, 9.17) is 0 Å². The molecule has 1 unspecified atom stereocenters. The lowest BCUT2D eigenvalue weighted by Crippen LogP contribution is -2.10. The molecule has 1 aliphatic carbocycles. The minimum Gasteiger partial charge on any atom is -0.295 e. The van der Waals surface area contributed by atoms with Crippen molar-refractivity contribution in [3.05, 3.63) is 11.6 Å². The summed E-state index contributed by atoms with van der Waals surface area (Å²) in [6.45, 7) is 4.44. The van der Waals surface area contributed by atoms with E-state index in [-0.39, 0.29) is 0 Å². The van der Waals surface area contributed by atoms with Crippen molar-refractivity contribution < 1.29 is 4.79 Å². The predicted molar refractivity (Wildman–Crippen MR) is 74.1 cm³/mol. The van der Waals surface area contributed by atoms with Crippen LogP contribution < -0.4 is 0 Å². The molecule has 0 fully saturated rings. The van der Waals surface area contributed by atoms with E-state index in [2.05, 4.69) is 19.9 Å². The fraction of sp³-hybridized carbons (Fsp3) is 0.812. The molecule has 0 aromatic carbocycles. The van der Waals surface area contributed by atoms with Crippen molar-refractivity contribution in [2.45, 2.75) is 78.1 Å². The molecule has 17 heavy (non-hydrogen) atoms. The van der Waals surface area contributed by atoms with E-state index < -0.39 is 0 Å². The van der Waals surface area contributed by atoms with Gasteiger partial charge in [0.15, 0.2) is 5.78 Å². The summed E-state index contributed by atoms with van der Waals surface area (Å²) in [5, 5.41) is 0. The Balaban J connectivity index is 2.42. The van der Waals surface area contributed by atoms with E-state index in [0.717, 1.165) is 31.3 Å². The van der Waals surface area contributed by atoms with Gasteiger partial charge < -0.3 is 0 Å². The van der Waals surface area contributed by atoms with Gasteiger partial charge in [-0.15, -0.1) is 0 Å². The van der Waals surface area contributed by atoms with Crippen molar-refractivity contribution in [1.29, 1.82) is 0 Å². The van der Waals surface area contributed by atoms with Gasteiger partial charge in [-0.1, -0.05) is 52.0 Å². The van der Waals surface area contributed by atoms with Crippen molar-refractivity contribution in [2.75, 3.05) is 0 Å². The number of carbonyl (C=O) groups excluding carboxylic acids is 1. The van der Waals surface area contributed by atoms with Gasteiger partial charge in [0.25, 0.3) is 0 Å². The third-order valence-electron chi connectivity index (χ3n) is 3.92. The van der Waals surface area contributed by atoms with E-state index in [1.165, 1.54) is 38.5 Å². The Hall–Kier alpha value is -0.590. The lowest BCUT2D eigenvalue weighted by atomic mass is 9.90. The lowest BCUT2D eigenvalue weighted by molar-refractivity contribution is -0.116. The maximum atomic E-state index is 12.2. The molecular formula is C16H28O. The normalized spacial score (nSPS) is 18.4. The van der Waals surface area contributed by atoms with Crippen LogP contribution in [0.3, 0.4) is 0 Å². The molecule has 0 aliphatic heterocycles. The van der Waals surface area contributed by atoms with Crippen LogP contribution in [-0.4, -0.2) is 5.78 Å². The number of hydrogen-bond acceptors (Lipinski definition) is 1. The van der Waals surface area contributed by atoms with Gasteiger partial charge in [0.05, 0.1) is 0 Å². The zero-order valence-corrected chi connectivity index (χ0v) is 11.6. The first-order valence-corrected chi connectivity index (χ1v) is 7.50. The van der Waals surface area contributed by atoms with Crippen LogP contribution in [0.15, 0.2) is 11.6 Å². The van der Waals surface area contributed by atoms with E-state index in [1.54, 1.807) is 0 Å². The smallest absolute Gasteiger partial charge is 0.158 e. The predicted octanol–water partition coefficient (Wildman–Crippen LogP) is 5.05. The van der Waals surface area contributed by atoms with Gasteiger partial charge in [0, 0.05) is 6.42 Å². The van der Waals surface area contributed by atoms with Crippen LogP contribution in [0.25, 0.3) is 0 Å². The van der Waals surface area contributed by atoms with Crippen LogP contribution in [-0.2, 0) is 4.79 Å². The Morgan fingerprint density at radius 3 is 2.82 bits per heavy atom. The van der Waals surface area contributed by atoms with E-state index >= 15 is 0 Å². The highest BCUT2D eigenvalue weighted by Crippen LogP contribution is 2.23. The molecule has 0 heterocycles. The van der Waals surface area contributed by atoms with Gasteiger partial charge in [0.2, 0.25) is 0 Å². The minimum absolute atomic E-state index is 0.440. The minimum atomic E-state index is 0.440. The number of rotatable bonds is 7. The number of unbranched alkanes of at least 4 members (excludes halogenated alkanes) is 1. The number of hydrogen-bond donors (Lipinski definition) is 0. The average molecular weight is 236 g/mol. The molecule has 1 aliphatic rings. The van der Waals surface area contributed by atoms with Crippen molar-refractivity contribution in [3.8, 4) is 0 Å². The van der Waals surface area contributed by atoms with E-state index in [9.17, 15) is 4.79 Å². The standard InChI is InChI=1S/C16H28O/c1-3-5-10-14(4-2)13-16(17)15-11-8-6-7-9-12-15/h11,14H,3-10,12-13H2,1-2H3. The topological polar surface area (TPSA) is 17.1 Å². The van der Waals surface area contributed by atoms with Crippen molar-refractivity contribution in [2.24, 2.45) is 5.92 Å². The maximum Gasteiger partial charge on any atom is 0.158 e. The number of allylic oxidation sites excluding steroid dienone is 2. The second-order valence-electron chi connectivity index (χ2n) is 5.37. The molecule has 98 valence electrons. The summed E-state index contributed by atoms with van der Waals surface area (Å²) < 4.78 is 0. The monoisotopic (exact) mass is 236 g/mol. The van der Waals surface area contributed by atoms with Crippen LogP contribution in [0.1, 0.15) is 78.1 Å². The molecule has 0 spiro atoms. The molecule has 0 saturated heterocycles. The summed E-state index contributed by atoms with van der Waals surface area (Å²) in [6, 6.07) is 0. The highest BCUT2D eigenvalue weighted by molar-refractivity contribution is 5.95. The van der Waals surface area contributed by atoms with E-state index in [0.29, 0.717) is 11.7 Å². The molecule has 0 aromatic rings. The van der Waals surface area contributed by atoms with Gasteiger partial charge in [-0.05, 0) is 37.2 Å². The summed E-state index contributed by atoms with van der Waals surface area (Å²) in [7, 11) is 0. The zero-order chi connectivity index (χ0) is 12.5. The summed E-state index contributed by atoms with van der Waals surface area (Å²) in [6.07, 6.45) is 13.8. The number of ketones is 1. The number of carbonyl (C=O) groups is 1. The molecule has 1 nitrogen and oxygen atoms in total. The first kappa shape index (κ1) is 14.5. The Morgan fingerprint density at radius 2 is 2.12 bits per heavy atom. The molecule has 0 aromatic heterocycles. The molecular weight excluding hydrogens is 208 g/mol. The number of Topliss-reactive ketones (excluding diaryl/α,β-unsaturated/α-hetero) is 1. The molecule has 0 radical (unpaired) electrons.